The van der Waals surface area contributed by atoms with Crippen LogP contribution in [0.4, 0.5) is 0 Å². The lowest BCUT2D eigenvalue weighted by Crippen LogP contribution is -2.49. The normalized spacial score (nSPS) is 29.0. The number of hydrogen-bond acceptors (Lipinski definition) is 3. The molecule has 2 aliphatic carbocycles. The third-order valence-electron chi connectivity index (χ3n) is 5.70. The summed E-state index contributed by atoms with van der Waals surface area (Å²) in [5, 5.41) is 16.0. The minimum absolute atomic E-state index is 0.0191. The Labute approximate surface area is 129 Å². The van der Waals surface area contributed by atoms with Crippen LogP contribution in [0, 0.1) is 11.8 Å². The predicted molar refractivity (Wildman–Crippen MR) is 85.0 cm³/mol. The van der Waals surface area contributed by atoms with Crippen LogP contribution in [0.1, 0.15) is 64.2 Å². The van der Waals surface area contributed by atoms with Crippen LogP contribution in [-0.4, -0.2) is 36.8 Å². The van der Waals surface area contributed by atoms with Gasteiger partial charge >= 0.3 is 0 Å². The zero-order chi connectivity index (χ0) is 15.1. The fourth-order valence-electron chi connectivity index (χ4n) is 4.15. The lowest BCUT2D eigenvalue weighted by atomic mass is 9.78. The molecular formula is C17H32N2O2. The van der Waals surface area contributed by atoms with Gasteiger partial charge in [0.05, 0.1) is 0 Å². The Morgan fingerprint density at radius 2 is 1.76 bits per heavy atom. The van der Waals surface area contributed by atoms with E-state index in [4.69, 9.17) is 0 Å². The van der Waals surface area contributed by atoms with E-state index in [0.29, 0.717) is 18.3 Å². The molecule has 3 N–H and O–H groups in total. The van der Waals surface area contributed by atoms with E-state index < -0.39 is 0 Å². The van der Waals surface area contributed by atoms with Gasteiger partial charge in [0, 0.05) is 25.1 Å². The zero-order valence-corrected chi connectivity index (χ0v) is 13.5. The predicted octanol–water partition coefficient (Wildman–Crippen LogP) is 2.21. The average Bonchev–Trinajstić information content (AvgIpc) is 2.54. The van der Waals surface area contributed by atoms with Crippen molar-refractivity contribution in [2.45, 2.75) is 69.7 Å². The summed E-state index contributed by atoms with van der Waals surface area (Å²) < 4.78 is 0. The molecule has 0 heterocycles. The van der Waals surface area contributed by atoms with Crippen molar-refractivity contribution in [2.75, 3.05) is 20.2 Å². The molecule has 21 heavy (non-hydrogen) atoms. The summed E-state index contributed by atoms with van der Waals surface area (Å²) in [4.78, 5) is 12.3. The van der Waals surface area contributed by atoms with Gasteiger partial charge < -0.3 is 15.7 Å². The van der Waals surface area contributed by atoms with Crippen LogP contribution < -0.4 is 10.6 Å². The van der Waals surface area contributed by atoms with Crippen LogP contribution in [-0.2, 0) is 4.79 Å². The topological polar surface area (TPSA) is 61.4 Å². The molecule has 2 fully saturated rings. The number of aliphatic hydroxyl groups is 1. The second-order valence-corrected chi connectivity index (χ2v) is 7.06. The van der Waals surface area contributed by atoms with Crippen LogP contribution in [0.15, 0.2) is 0 Å². The van der Waals surface area contributed by atoms with Crippen molar-refractivity contribution in [3.8, 4) is 0 Å². The van der Waals surface area contributed by atoms with Gasteiger partial charge in [-0.1, -0.05) is 32.1 Å². The van der Waals surface area contributed by atoms with E-state index in [1.54, 1.807) is 0 Å². The first-order chi connectivity index (χ1) is 10.2. The molecule has 4 heteroatoms. The number of hydrogen-bond donors (Lipinski definition) is 3. The summed E-state index contributed by atoms with van der Waals surface area (Å²) >= 11 is 0. The SMILES string of the molecule is CNC1(CC(=O)NCC2CCCCC2CO)CCCCC1. The highest BCUT2D eigenvalue weighted by Gasteiger charge is 2.33. The lowest BCUT2D eigenvalue weighted by Gasteiger charge is -2.37. The molecule has 0 aromatic rings. The van der Waals surface area contributed by atoms with Crippen LogP contribution in [0.5, 0.6) is 0 Å². The number of carbonyl (C=O) groups excluding carboxylic acids is 1. The van der Waals surface area contributed by atoms with E-state index >= 15 is 0 Å². The summed E-state index contributed by atoms with van der Waals surface area (Å²) in [5.74, 6) is 1.02. The third kappa shape index (κ3) is 4.68. The van der Waals surface area contributed by atoms with E-state index in [-0.39, 0.29) is 18.1 Å². The molecule has 2 atom stereocenters. The summed E-state index contributed by atoms with van der Waals surface area (Å²) in [7, 11) is 1.99. The number of carbonyl (C=O) groups is 1. The van der Waals surface area contributed by atoms with Crippen LogP contribution in [0.3, 0.4) is 0 Å². The van der Waals surface area contributed by atoms with Gasteiger partial charge in [-0.05, 0) is 44.6 Å². The lowest BCUT2D eigenvalue weighted by molar-refractivity contribution is -0.123. The molecule has 2 rings (SSSR count). The van der Waals surface area contributed by atoms with E-state index in [0.717, 1.165) is 32.2 Å². The van der Waals surface area contributed by atoms with Gasteiger partial charge in [0.15, 0.2) is 0 Å². The van der Waals surface area contributed by atoms with Crippen molar-refractivity contribution < 1.29 is 9.90 Å². The van der Waals surface area contributed by atoms with E-state index in [2.05, 4.69) is 10.6 Å². The third-order valence-corrected chi connectivity index (χ3v) is 5.70. The van der Waals surface area contributed by atoms with E-state index in [1.807, 2.05) is 7.05 Å². The smallest absolute Gasteiger partial charge is 0.221 e. The second-order valence-electron chi connectivity index (χ2n) is 7.06. The molecule has 0 aliphatic heterocycles. The average molecular weight is 296 g/mol. The maximum absolute atomic E-state index is 12.3. The number of amides is 1. The number of aliphatic hydroxyl groups excluding tert-OH is 1. The van der Waals surface area contributed by atoms with Gasteiger partial charge in [-0.25, -0.2) is 0 Å². The summed E-state index contributed by atoms with van der Waals surface area (Å²) in [5.41, 5.74) is 0.0191. The first kappa shape index (κ1) is 16.8. The van der Waals surface area contributed by atoms with Gasteiger partial charge in [0.25, 0.3) is 0 Å². The summed E-state index contributed by atoms with van der Waals surface area (Å²) in [6.07, 6.45) is 11.3. The molecule has 0 saturated heterocycles. The molecule has 0 radical (unpaired) electrons. The zero-order valence-electron chi connectivity index (χ0n) is 13.5. The van der Waals surface area contributed by atoms with Gasteiger partial charge in [-0.15, -0.1) is 0 Å². The van der Waals surface area contributed by atoms with Gasteiger partial charge in [0.2, 0.25) is 5.91 Å². The monoisotopic (exact) mass is 296 g/mol. The fourth-order valence-corrected chi connectivity index (χ4v) is 4.15. The van der Waals surface area contributed by atoms with Crippen molar-refractivity contribution in [3.05, 3.63) is 0 Å². The largest absolute Gasteiger partial charge is 0.396 e. The Bertz CT molecular complexity index is 327. The standard InChI is InChI=1S/C17H32N2O2/c1-18-17(9-5-2-6-10-17)11-16(21)19-12-14-7-3-4-8-15(14)13-20/h14-15,18,20H,2-13H2,1H3,(H,19,21). The molecule has 0 bridgehead atoms. The first-order valence-electron chi connectivity index (χ1n) is 8.75. The van der Waals surface area contributed by atoms with Crippen molar-refractivity contribution in [1.82, 2.24) is 10.6 Å². The Balaban J connectivity index is 1.78. The Hall–Kier alpha value is -0.610. The van der Waals surface area contributed by atoms with E-state index in [1.165, 1.54) is 32.1 Å². The molecule has 2 unspecified atom stereocenters. The van der Waals surface area contributed by atoms with Crippen molar-refractivity contribution in [2.24, 2.45) is 11.8 Å². The molecule has 0 spiro atoms. The van der Waals surface area contributed by atoms with Crippen molar-refractivity contribution in [3.63, 3.8) is 0 Å². The summed E-state index contributed by atoms with van der Waals surface area (Å²) in [6, 6.07) is 0. The quantitative estimate of drug-likeness (QED) is 0.704. The van der Waals surface area contributed by atoms with Crippen molar-refractivity contribution in [1.29, 1.82) is 0 Å². The minimum Gasteiger partial charge on any atom is -0.396 e. The molecule has 0 aromatic carbocycles. The maximum atomic E-state index is 12.3. The van der Waals surface area contributed by atoms with E-state index in [9.17, 15) is 9.90 Å². The highest BCUT2D eigenvalue weighted by atomic mass is 16.3. The van der Waals surface area contributed by atoms with Gasteiger partial charge in [0.1, 0.15) is 0 Å². The van der Waals surface area contributed by atoms with Crippen LogP contribution in [0.2, 0.25) is 0 Å². The van der Waals surface area contributed by atoms with Crippen LogP contribution >= 0.6 is 0 Å². The Kier molecular flexibility index (Phi) is 6.49. The number of nitrogens with one attached hydrogen (secondary N) is 2. The van der Waals surface area contributed by atoms with Gasteiger partial charge in [-0.2, -0.15) is 0 Å². The highest BCUT2D eigenvalue weighted by Crippen LogP contribution is 2.31. The van der Waals surface area contributed by atoms with Gasteiger partial charge in [-0.3, -0.25) is 4.79 Å². The molecular weight excluding hydrogens is 264 g/mol. The Morgan fingerprint density at radius 3 is 2.38 bits per heavy atom. The molecule has 1 amide bonds. The van der Waals surface area contributed by atoms with Crippen molar-refractivity contribution >= 4 is 5.91 Å². The Morgan fingerprint density at radius 1 is 1.10 bits per heavy atom. The minimum atomic E-state index is 0.0191. The molecule has 2 aliphatic rings. The second kappa shape index (κ2) is 8.14. The molecule has 122 valence electrons. The molecule has 4 nitrogen and oxygen atoms in total. The number of rotatable bonds is 6. The molecule has 0 aromatic heterocycles. The summed E-state index contributed by atoms with van der Waals surface area (Å²) in [6.45, 7) is 1.00. The maximum Gasteiger partial charge on any atom is 0.221 e. The fraction of sp³-hybridized carbons (Fsp3) is 0.941. The van der Waals surface area contributed by atoms with Crippen LogP contribution in [0.25, 0.3) is 0 Å². The first-order valence-corrected chi connectivity index (χ1v) is 8.75. The highest BCUT2D eigenvalue weighted by molar-refractivity contribution is 5.77. The molecule has 2 saturated carbocycles.